The molecule has 0 saturated heterocycles. The Balaban J connectivity index is 1.83. The van der Waals surface area contributed by atoms with Gasteiger partial charge in [0.25, 0.3) is 0 Å². The zero-order valence-corrected chi connectivity index (χ0v) is 7.84. The van der Waals surface area contributed by atoms with Crippen LogP contribution in [0.4, 0.5) is 0 Å². The zero-order valence-electron chi connectivity index (χ0n) is 7.84. The average molecular weight is 166 g/mol. The Hall–Kier alpha value is -0.550. The number of hydrogen-bond acceptors (Lipinski definition) is 2. The molecule has 1 aliphatic carbocycles. The molecular weight excluding hydrogens is 148 g/mol. The van der Waals surface area contributed by atoms with Crippen LogP contribution in [0.15, 0.2) is 0 Å². The maximum absolute atomic E-state index is 8.40. The van der Waals surface area contributed by atoms with Crippen molar-refractivity contribution in [3.05, 3.63) is 0 Å². The minimum absolute atomic E-state index is 0.370. The first-order valence-corrected chi connectivity index (χ1v) is 4.93. The molecule has 0 aromatic carbocycles. The first kappa shape index (κ1) is 9.54. The third-order valence-electron chi connectivity index (χ3n) is 2.38. The third-order valence-corrected chi connectivity index (χ3v) is 2.38. The van der Waals surface area contributed by atoms with E-state index >= 15 is 0 Å². The summed E-state index contributed by atoms with van der Waals surface area (Å²) in [5.74, 6) is 1.04. The van der Waals surface area contributed by atoms with Gasteiger partial charge < -0.3 is 5.32 Å². The molecule has 1 atom stereocenters. The van der Waals surface area contributed by atoms with Crippen LogP contribution in [0, 0.1) is 17.2 Å². The summed E-state index contributed by atoms with van der Waals surface area (Å²) < 4.78 is 0. The maximum Gasteiger partial charge on any atom is 0.0638 e. The number of rotatable bonds is 6. The van der Waals surface area contributed by atoms with Crippen LogP contribution in [0.3, 0.4) is 0 Å². The smallest absolute Gasteiger partial charge is 0.0638 e. The first-order chi connectivity index (χ1) is 5.83. The first-order valence-electron chi connectivity index (χ1n) is 4.93. The van der Waals surface area contributed by atoms with E-state index in [2.05, 4.69) is 18.3 Å². The summed E-state index contributed by atoms with van der Waals surface area (Å²) in [5.41, 5.74) is 0. The van der Waals surface area contributed by atoms with E-state index in [9.17, 15) is 0 Å². The Morgan fingerprint density at radius 3 is 2.92 bits per heavy atom. The number of hydrogen-bond donors (Lipinski definition) is 1. The summed E-state index contributed by atoms with van der Waals surface area (Å²) in [7, 11) is 0. The lowest BCUT2D eigenvalue weighted by Gasteiger charge is -2.08. The van der Waals surface area contributed by atoms with E-state index in [0.717, 1.165) is 12.5 Å². The van der Waals surface area contributed by atoms with E-state index in [4.69, 9.17) is 5.26 Å². The molecule has 0 heterocycles. The predicted molar refractivity (Wildman–Crippen MR) is 49.7 cm³/mol. The highest BCUT2D eigenvalue weighted by molar-refractivity contribution is 4.78. The van der Waals surface area contributed by atoms with Gasteiger partial charge in [-0.05, 0) is 32.2 Å². The highest BCUT2D eigenvalue weighted by Crippen LogP contribution is 2.33. The van der Waals surface area contributed by atoms with Gasteiger partial charge in [0.15, 0.2) is 0 Å². The highest BCUT2D eigenvalue weighted by Gasteiger charge is 2.19. The van der Waals surface area contributed by atoms with Gasteiger partial charge in [0, 0.05) is 6.04 Å². The Morgan fingerprint density at radius 2 is 2.33 bits per heavy atom. The molecule has 1 unspecified atom stereocenters. The van der Waals surface area contributed by atoms with Crippen LogP contribution < -0.4 is 5.32 Å². The average Bonchev–Trinajstić information content (AvgIpc) is 2.82. The van der Waals surface area contributed by atoms with Crippen LogP contribution >= 0.6 is 0 Å². The van der Waals surface area contributed by atoms with Crippen LogP contribution in [0.2, 0.25) is 0 Å². The molecule has 2 heteroatoms. The van der Waals surface area contributed by atoms with Crippen molar-refractivity contribution in [3.63, 3.8) is 0 Å². The van der Waals surface area contributed by atoms with Crippen molar-refractivity contribution in [1.82, 2.24) is 5.32 Å². The van der Waals surface area contributed by atoms with Crippen molar-refractivity contribution in [3.8, 4) is 6.07 Å². The fraction of sp³-hybridized carbons (Fsp3) is 0.900. The molecule has 0 spiro atoms. The van der Waals surface area contributed by atoms with E-state index in [1.54, 1.807) is 0 Å². The van der Waals surface area contributed by atoms with E-state index in [0.29, 0.717) is 12.5 Å². The van der Waals surface area contributed by atoms with Crippen molar-refractivity contribution in [2.45, 2.75) is 45.1 Å². The lowest BCUT2D eigenvalue weighted by Crippen LogP contribution is -2.26. The predicted octanol–water partition coefficient (Wildman–Crippen LogP) is 2.07. The van der Waals surface area contributed by atoms with Crippen LogP contribution in [0.5, 0.6) is 0 Å². The largest absolute Gasteiger partial charge is 0.313 e. The minimum atomic E-state index is 0.370. The molecule has 12 heavy (non-hydrogen) atoms. The standard InChI is InChI=1S/C10H18N2/c1-9(6-7-11)12-8-2-3-10-4-5-10/h9-10,12H,2-6,8H2,1H3. The summed E-state index contributed by atoms with van der Waals surface area (Å²) in [6.07, 6.45) is 6.19. The minimum Gasteiger partial charge on any atom is -0.313 e. The second-order valence-electron chi connectivity index (χ2n) is 3.80. The van der Waals surface area contributed by atoms with Gasteiger partial charge in [-0.15, -0.1) is 0 Å². The Bertz CT molecular complexity index is 156. The normalized spacial score (nSPS) is 18.7. The van der Waals surface area contributed by atoms with Crippen LogP contribution in [0.1, 0.15) is 39.0 Å². The van der Waals surface area contributed by atoms with Gasteiger partial charge in [-0.1, -0.05) is 12.8 Å². The molecule has 1 saturated carbocycles. The molecule has 1 aliphatic rings. The van der Waals surface area contributed by atoms with E-state index in [1.807, 2.05) is 0 Å². The summed E-state index contributed by atoms with van der Waals surface area (Å²) >= 11 is 0. The van der Waals surface area contributed by atoms with Gasteiger partial charge in [-0.2, -0.15) is 5.26 Å². The van der Waals surface area contributed by atoms with Crippen LogP contribution in [-0.4, -0.2) is 12.6 Å². The number of nitriles is 1. The van der Waals surface area contributed by atoms with Crippen LogP contribution in [-0.2, 0) is 0 Å². The summed E-state index contributed by atoms with van der Waals surface area (Å²) in [6, 6.07) is 2.54. The van der Waals surface area contributed by atoms with Crippen LogP contribution in [0.25, 0.3) is 0 Å². The van der Waals surface area contributed by atoms with Gasteiger partial charge in [0.05, 0.1) is 12.5 Å². The lowest BCUT2D eigenvalue weighted by molar-refractivity contribution is 0.523. The van der Waals surface area contributed by atoms with E-state index < -0.39 is 0 Å². The fourth-order valence-corrected chi connectivity index (χ4v) is 1.35. The monoisotopic (exact) mass is 166 g/mol. The zero-order chi connectivity index (χ0) is 8.81. The van der Waals surface area contributed by atoms with Gasteiger partial charge >= 0.3 is 0 Å². The van der Waals surface area contributed by atoms with E-state index in [-0.39, 0.29) is 0 Å². The third kappa shape index (κ3) is 4.35. The molecule has 68 valence electrons. The summed E-state index contributed by atoms with van der Waals surface area (Å²) in [5, 5.41) is 11.7. The van der Waals surface area contributed by atoms with E-state index in [1.165, 1.54) is 25.7 Å². The summed E-state index contributed by atoms with van der Waals surface area (Å²) in [4.78, 5) is 0. The molecular formula is C10H18N2. The molecule has 0 amide bonds. The van der Waals surface area contributed by atoms with Crippen molar-refractivity contribution >= 4 is 0 Å². The number of nitrogens with zero attached hydrogens (tertiary/aromatic N) is 1. The maximum atomic E-state index is 8.40. The molecule has 0 radical (unpaired) electrons. The van der Waals surface area contributed by atoms with Gasteiger partial charge in [0.1, 0.15) is 0 Å². The topological polar surface area (TPSA) is 35.8 Å². The molecule has 0 aromatic heterocycles. The Kier molecular flexibility index (Phi) is 4.10. The number of nitrogens with one attached hydrogen (secondary N) is 1. The molecule has 0 aromatic rings. The van der Waals surface area contributed by atoms with Crippen molar-refractivity contribution in [2.24, 2.45) is 5.92 Å². The molecule has 2 nitrogen and oxygen atoms in total. The molecule has 1 N–H and O–H groups in total. The molecule has 0 aliphatic heterocycles. The quantitative estimate of drug-likeness (QED) is 0.613. The van der Waals surface area contributed by atoms with Gasteiger partial charge in [0.2, 0.25) is 0 Å². The van der Waals surface area contributed by atoms with Crippen molar-refractivity contribution in [2.75, 3.05) is 6.54 Å². The molecule has 0 bridgehead atoms. The Morgan fingerprint density at radius 1 is 1.58 bits per heavy atom. The SMILES string of the molecule is CC(CC#N)NCCCC1CC1. The summed E-state index contributed by atoms with van der Waals surface area (Å²) in [6.45, 7) is 3.15. The van der Waals surface area contributed by atoms with Crippen molar-refractivity contribution < 1.29 is 0 Å². The highest BCUT2D eigenvalue weighted by atomic mass is 14.9. The molecule has 1 rings (SSSR count). The van der Waals surface area contributed by atoms with Gasteiger partial charge in [-0.25, -0.2) is 0 Å². The van der Waals surface area contributed by atoms with Gasteiger partial charge in [-0.3, -0.25) is 0 Å². The molecule has 1 fully saturated rings. The lowest BCUT2D eigenvalue weighted by atomic mass is 10.2. The second-order valence-corrected chi connectivity index (χ2v) is 3.80. The van der Waals surface area contributed by atoms with Crippen molar-refractivity contribution in [1.29, 1.82) is 5.26 Å². The Labute approximate surface area is 75.0 Å². The fourth-order valence-electron chi connectivity index (χ4n) is 1.35. The second kappa shape index (κ2) is 5.16.